The third-order valence-corrected chi connectivity index (χ3v) is 3.10. The number of alkyl halides is 2. The van der Waals surface area contributed by atoms with Crippen LogP contribution < -0.4 is 5.32 Å². The van der Waals surface area contributed by atoms with Gasteiger partial charge in [-0.05, 0) is 37.6 Å². The molecule has 1 unspecified atom stereocenters. The van der Waals surface area contributed by atoms with E-state index in [-0.39, 0.29) is 6.54 Å². The van der Waals surface area contributed by atoms with Crippen molar-refractivity contribution in [2.45, 2.75) is 18.8 Å². The van der Waals surface area contributed by atoms with E-state index in [0.29, 0.717) is 25.5 Å². The second-order valence-corrected chi connectivity index (χ2v) is 4.29. The molecular formula is C12H13F4N. The van der Waals surface area contributed by atoms with E-state index in [1.54, 1.807) is 0 Å². The Hall–Kier alpha value is -1.10. The number of hydrogen-bond donors (Lipinski definition) is 1. The van der Waals surface area contributed by atoms with Crippen LogP contribution in [0.15, 0.2) is 18.2 Å². The Labute approximate surface area is 96.8 Å². The van der Waals surface area contributed by atoms with Gasteiger partial charge in [0.15, 0.2) is 0 Å². The van der Waals surface area contributed by atoms with E-state index in [9.17, 15) is 17.6 Å². The normalized spacial score (nSPS) is 21.5. The summed E-state index contributed by atoms with van der Waals surface area (Å²) < 4.78 is 54.4. The fourth-order valence-corrected chi connectivity index (χ4v) is 2.13. The van der Waals surface area contributed by atoms with Crippen molar-refractivity contribution >= 4 is 0 Å². The van der Waals surface area contributed by atoms with Crippen LogP contribution in [0.1, 0.15) is 18.4 Å². The van der Waals surface area contributed by atoms with E-state index in [1.165, 1.54) is 0 Å². The lowest BCUT2D eigenvalue weighted by atomic mass is 9.88. The molecule has 94 valence electrons. The van der Waals surface area contributed by atoms with Gasteiger partial charge in [0, 0.05) is 12.5 Å². The van der Waals surface area contributed by atoms with Gasteiger partial charge in [-0.1, -0.05) is 0 Å². The lowest BCUT2D eigenvalue weighted by Crippen LogP contribution is -2.39. The van der Waals surface area contributed by atoms with Crippen LogP contribution in [0.25, 0.3) is 0 Å². The molecule has 1 aliphatic rings. The summed E-state index contributed by atoms with van der Waals surface area (Å²) in [5.74, 6) is -6.21. The van der Waals surface area contributed by atoms with Crippen LogP contribution in [0.4, 0.5) is 17.6 Å². The minimum Gasteiger partial charge on any atom is -0.316 e. The summed E-state index contributed by atoms with van der Waals surface area (Å²) >= 11 is 0. The first-order valence-electron chi connectivity index (χ1n) is 5.56. The molecular weight excluding hydrogens is 234 g/mol. The van der Waals surface area contributed by atoms with Crippen molar-refractivity contribution in [2.24, 2.45) is 5.92 Å². The molecule has 1 atom stereocenters. The van der Waals surface area contributed by atoms with Crippen LogP contribution in [0.5, 0.6) is 0 Å². The Morgan fingerprint density at radius 2 is 2.00 bits per heavy atom. The molecule has 17 heavy (non-hydrogen) atoms. The van der Waals surface area contributed by atoms with E-state index in [0.717, 1.165) is 12.1 Å². The first-order chi connectivity index (χ1) is 8.01. The van der Waals surface area contributed by atoms with Crippen molar-refractivity contribution in [3.63, 3.8) is 0 Å². The molecule has 0 amide bonds. The number of rotatable bonds is 2. The molecule has 0 aliphatic carbocycles. The summed E-state index contributed by atoms with van der Waals surface area (Å²) in [4.78, 5) is 0. The molecule has 1 heterocycles. The molecule has 0 aromatic heterocycles. The van der Waals surface area contributed by atoms with E-state index in [4.69, 9.17) is 0 Å². The molecule has 5 heteroatoms. The third kappa shape index (κ3) is 2.44. The van der Waals surface area contributed by atoms with E-state index in [1.807, 2.05) is 0 Å². The van der Waals surface area contributed by atoms with Gasteiger partial charge in [-0.3, -0.25) is 0 Å². The van der Waals surface area contributed by atoms with Gasteiger partial charge >= 0.3 is 0 Å². The summed E-state index contributed by atoms with van der Waals surface area (Å²) in [6, 6.07) is 2.17. The average molecular weight is 247 g/mol. The summed E-state index contributed by atoms with van der Waals surface area (Å²) in [7, 11) is 0. The van der Waals surface area contributed by atoms with Gasteiger partial charge in [0.2, 0.25) is 0 Å². The molecule has 1 saturated heterocycles. The Morgan fingerprint density at radius 1 is 1.24 bits per heavy atom. The molecule has 0 saturated carbocycles. The van der Waals surface area contributed by atoms with Crippen molar-refractivity contribution in [2.75, 3.05) is 13.1 Å². The maximum Gasteiger partial charge on any atom is 0.280 e. The molecule has 1 nitrogen and oxygen atoms in total. The highest BCUT2D eigenvalue weighted by atomic mass is 19.3. The van der Waals surface area contributed by atoms with Gasteiger partial charge in [-0.15, -0.1) is 0 Å². The van der Waals surface area contributed by atoms with Gasteiger partial charge in [-0.25, -0.2) is 17.6 Å². The number of benzene rings is 1. The van der Waals surface area contributed by atoms with Crippen LogP contribution in [0.3, 0.4) is 0 Å². The second-order valence-electron chi connectivity index (χ2n) is 4.29. The smallest absolute Gasteiger partial charge is 0.280 e. The highest BCUT2D eigenvalue weighted by Crippen LogP contribution is 2.40. The summed E-state index contributed by atoms with van der Waals surface area (Å²) in [5.41, 5.74) is -0.841. The van der Waals surface area contributed by atoms with Crippen LogP contribution in [-0.4, -0.2) is 13.1 Å². The number of piperidine rings is 1. The van der Waals surface area contributed by atoms with Crippen LogP contribution >= 0.6 is 0 Å². The number of halogens is 4. The predicted octanol–water partition coefficient (Wildman–Crippen LogP) is 3.06. The van der Waals surface area contributed by atoms with Crippen molar-refractivity contribution in [3.8, 4) is 0 Å². The SMILES string of the molecule is Fc1ccc(F)c(C(F)(F)C2CCCNC2)c1. The van der Waals surface area contributed by atoms with Crippen LogP contribution in [-0.2, 0) is 5.92 Å². The average Bonchev–Trinajstić information content (AvgIpc) is 2.33. The first-order valence-corrected chi connectivity index (χ1v) is 5.56. The van der Waals surface area contributed by atoms with Gasteiger partial charge in [0.05, 0.1) is 5.56 Å². The fourth-order valence-electron chi connectivity index (χ4n) is 2.13. The minimum absolute atomic E-state index is 0.128. The zero-order valence-electron chi connectivity index (χ0n) is 9.15. The van der Waals surface area contributed by atoms with Crippen LogP contribution in [0.2, 0.25) is 0 Å². The van der Waals surface area contributed by atoms with Crippen molar-refractivity contribution in [3.05, 3.63) is 35.4 Å². The standard InChI is InChI=1S/C12H13F4N/c13-9-3-4-11(14)10(6-9)12(15,16)8-2-1-5-17-7-8/h3-4,6,8,17H,1-2,5,7H2. The van der Waals surface area contributed by atoms with Crippen molar-refractivity contribution < 1.29 is 17.6 Å². The minimum atomic E-state index is -3.33. The first kappa shape index (κ1) is 12.4. The highest BCUT2D eigenvalue weighted by Gasteiger charge is 2.43. The molecule has 0 radical (unpaired) electrons. The van der Waals surface area contributed by atoms with Crippen molar-refractivity contribution in [1.29, 1.82) is 0 Å². The zero-order valence-corrected chi connectivity index (χ0v) is 9.15. The quantitative estimate of drug-likeness (QED) is 0.792. The monoisotopic (exact) mass is 247 g/mol. The van der Waals surface area contributed by atoms with Gasteiger partial charge < -0.3 is 5.32 Å². The summed E-state index contributed by atoms with van der Waals surface area (Å²) in [6.07, 6.45) is 0.938. The van der Waals surface area contributed by atoms with Gasteiger partial charge in [0.25, 0.3) is 5.92 Å². The van der Waals surface area contributed by atoms with E-state index < -0.39 is 29.0 Å². The molecule has 1 aromatic carbocycles. The molecule has 1 N–H and O–H groups in total. The maximum atomic E-state index is 14.0. The lowest BCUT2D eigenvalue weighted by molar-refractivity contribution is -0.0753. The molecule has 0 bridgehead atoms. The van der Waals surface area contributed by atoms with Crippen molar-refractivity contribution in [1.82, 2.24) is 5.32 Å². The summed E-state index contributed by atoms with van der Waals surface area (Å²) in [6.45, 7) is 0.821. The zero-order chi connectivity index (χ0) is 12.5. The highest BCUT2D eigenvalue weighted by molar-refractivity contribution is 5.24. The van der Waals surface area contributed by atoms with Crippen LogP contribution in [0, 0.1) is 17.6 Å². The molecule has 1 fully saturated rings. The number of nitrogens with one attached hydrogen (secondary N) is 1. The number of hydrogen-bond acceptors (Lipinski definition) is 1. The van der Waals surface area contributed by atoms with Gasteiger partial charge in [0.1, 0.15) is 11.6 Å². The predicted molar refractivity (Wildman–Crippen MR) is 55.8 cm³/mol. The topological polar surface area (TPSA) is 12.0 Å². The summed E-state index contributed by atoms with van der Waals surface area (Å²) in [5, 5.41) is 2.85. The Kier molecular flexibility index (Phi) is 3.38. The van der Waals surface area contributed by atoms with E-state index >= 15 is 0 Å². The molecule has 1 aromatic rings. The third-order valence-electron chi connectivity index (χ3n) is 3.10. The molecule has 2 rings (SSSR count). The molecule has 0 spiro atoms. The largest absolute Gasteiger partial charge is 0.316 e. The Bertz CT molecular complexity index is 399. The maximum absolute atomic E-state index is 14.0. The Balaban J connectivity index is 2.32. The lowest BCUT2D eigenvalue weighted by Gasteiger charge is -2.30. The second kappa shape index (κ2) is 4.64. The van der Waals surface area contributed by atoms with E-state index in [2.05, 4.69) is 5.32 Å². The Morgan fingerprint density at radius 3 is 2.65 bits per heavy atom. The molecule has 1 aliphatic heterocycles. The fraction of sp³-hybridized carbons (Fsp3) is 0.500. The van der Waals surface area contributed by atoms with Gasteiger partial charge in [-0.2, -0.15) is 0 Å².